The van der Waals surface area contributed by atoms with Gasteiger partial charge < -0.3 is 15.4 Å². The second-order valence-electron chi connectivity index (χ2n) is 5.67. The molecule has 2 amide bonds. The lowest BCUT2D eigenvalue weighted by molar-refractivity contribution is -0.125. The van der Waals surface area contributed by atoms with Crippen molar-refractivity contribution in [1.29, 1.82) is 0 Å². The van der Waals surface area contributed by atoms with Crippen LogP contribution in [0, 0.1) is 0 Å². The maximum absolute atomic E-state index is 12.6. The highest BCUT2D eigenvalue weighted by atomic mass is 32.2. The van der Waals surface area contributed by atoms with Crippen LogP contribution in [-0.4, -0.2) is 43.3 Å². The number of amides is 2. The molecule has 0 saturated heterocycles. The van der Waals surface area contributed by atoms with Gasteiger partial charge in [-0.2, -0.15) is 0 Å². The van der Waals surface area contributed by atoms with Gasteiger partial charge in [0.1, 0.15) is 11.4 Å². The molecule has 0 radical (unpaired) electrons. The number of hydrogen-bond acceptors (Lipinski definition) is 6. The van der Waals surface area contributed by atoms with E-state index in [0.29, 0.717) is 5.75 Å². The van der Waals surface area contributed by atoms with Crippen LogP contribution < -0.4 is 15.3 Å². The summed E-state index contributed by atoms with van der Waals surface area (Å²) in [5.74, 6) is -0.947. The minimum Gasteiger partial charge on any atom is -0.497 e. The number of carbonyl (C=O) groups excluding carboxylic acids is 2. The van der Waals surface area contributed by atoms with E-state index in [1.807, 2.05) is 0 Å². The van der Waals surface area contributed by atoms with E-state index in [-0.39, 0.29) is 16.6 Å². The summed E-state index contributed by atoms with van der Waals surface area (Å²) in [5.41, 5.74) is 5.00. The van der Waals surface area contributed by atoms with Gasteiger partial charge in [-0.1, -0.05) is 0 Å². The Morgan fingerprint density at radius 2 is 1.81 bits per heavy atom. The largest absolute Gasteiger partial charge is 0.497 e. The van der Waals surface area contributed by atoms with E-state index >= 15 is 0 Å². The Morgan fingerprint density at radius 3 is 2.31 bits per heavy atom. The van der Waals surface area contributed by atoms with E-state index in [4.69, 9.17) is 10.5 Å². The number of rotatable bonds is 6. The summed E-state index contributed by atoms with van der Waals surface area (Å²) >= 11 is 0. The number of nitrogens with one attached hydrogen (secondary N) is 1. The topological polar surface area (TPSA) is 122 Å². The zero-order valence-electron chi connectivity index (χ0n) is 14.5. The Morgan fingerprint density at radius 1 is 1.19 bits per heavy atom. The summed E-state index contributed by atoms with van der Waals surface area (Å²) in [5, 5.41) is 0.905. The van der Waals surface area contributed by atoms with Crippen molar-refractivity contribution >= 4 is 21.8 Å². The molecule has 10 heteroatoms. The van der Waals surface area contributed by atoms with Crippen molar-refractivity contribution in [3.8, 4) is 5.75 Å². The third-order valence-corrected chi connectivity index (χ3v) is 4.88. The number of methoxy groups -OCH3 is 1. The first-order valence-corrected chi connectivity index (χ1v) is 9.12. The van der Waals surface area contributed by atoms with Crippen molar-refractivity contribution in [2.24, 2.45) is 5.73 Å². The summed E-state index contributed by atoms with van der Waals surface area (Å²) in [4.78, 5) is 27.4. The number of nitrogens with zero attached hydrogens (tertiary/aromatic N) is 2. The number of carbonyl (C=O) groups is 2. The molecule has 1 aromatic rings. The second kappa shape index (κ2) is 7.58. The first-order valence-electron chi connectivity index (χ1n) is 7.63. The predicted octanol–water partition coefficient (Wildman–Crippen LogP) is 0.281. The van der Waals surface area contributed by atoms with Gasteiger partial charge in [0.15, 0.2) is 0 Å². The van der Waals surface area contributed by atoms with Gasteiger partial charge in [-0.3, -0.25) is 14.6 Å². The molecular formula is C16H20N4O5S. The van der Waals surface area contributed by atoms with Crippen molar-refractivity contribution in [1.82, 2.24) is 14.7 Å². The van der Waals surface area contributed by atoms with Gasteiger partial charge in [0, 0.05) is 24.5 Å². The molecule has 0 aliphatic carbocycles. The smallest absolute Gasteiger partial charge is 0.267 e. The van der Waals surface area contributed by atoms with E-state index in [0.717, 1.165) is 11.1 Å². The second-order valence-corrected chi connectivity index (χ2v) is 7.33. The average Bonchev–Trinajstić information content (AvgIpc) is 2.74. The van der Waals surface area contributed by atoms with Crippen LogP contribution >= 0.6 is 0 Å². The molecule has 0 bridgehead atoms. The Kier molecular flexibility index (Phi) is 5.68. The molecule has 0 spiro atoms. The normalized spacial score (nSPS) is 15.1. The monoisotopic (exact) mass is 380 g/mol. The standard InChI is InChI=1S/C16H20N4O5S/c1-11(2)19-8-9-20(14(16(17)22)10-15(19)21)18-26(23,24)13-6-4-12(25-3)5-7-13/h4-11,18H,1-3H3,(H2,17,22). The van der Waals surface area contributed by atoms with Gasteiger partial charge in [-0.05, 0) is 38.1 Å². The quantitative estimate of drug-likeness (QED) is 0.731. The van der Waals surface area contributed by atoms with Crippen LogP contribution in [0.4, 0.5) is 0 Å². The average molecular weight is 380 g/mol. The zero-order chi connectivity index (χ0) is 19.5. The van der Waals surface area contributed by atoms with Crippen LogP contribution in [0.2, 0.25) is 0 Å². The lowest BCUT2D eigenvalue weighted by Crippen LogP contribution is -2.41. The number of ether oxygens (including phenoxy) is 1. The number of primary amides is 1. The molecule has 1 aromatic carbocycles. The Labute approximate surface area is 151 Å². The van der Waals surface area contributed by atoms with E-state index < -0.39 is 21.8 Å². The number of nitrogens with two attached hydrogens (primary N) is 1. The van der Waals surface area contributed by atoms with Crippen LogP contribution in [-0.2, 0) is 19.6 Å². The van der Waals surface area contributed by atoms with E-state index in [1.165, 1.54) is 48.7 Å². The molecule has 1 heterocycles. The minimum absolute atomic E-state index is 0.0493. The van der Waals surface area contributed by atoms with Gasteiger partial charge in [0.05, 0.1) is 12.0 Å². The summed E-state index contributed by atoms with van der Waals surface area (Å²) in [6.45, 7) is 3.55. The molecule has 0 atom stereocenters. The van der Waals surface area contributed by atoms with Gasteiger partial charge in [-0.15, -0.1) is 4.83 Å². The van der Waals surface area contributed by atoms with Gasteiger partial charge >= 0.3 is 0 Å². The number of sulfonamides is 1. The Balaban J connectivity index is 2.37. The molecule has 140 valence electrons. The summed E-state index contributed by atoms with van der Waals surface area (Å²) in [6, 6.07) is 5.48. The fourth-order valence-electron chi connectivity index (χ4n) is 2.19. The molecule has 1 aliphatic heterocycles. The van der Waals surface area contributed by atoms with Crippen molar-refractivity contribution in [2.75, 3.05) is 7.11 Å². The van der Waals surface area contributed by atoms with Crippen molar-refractivity contribution < 1.29 is 22.7 Å². The number of hydrazine groups is 1. The molecule has 9 nitrogen and oxygen atoms in total. The third-order valence-electron chi connectivity index (χ3n) is 3.55. The van der Waals surface area contributed by atoms with E-state index in [2.05, 4.69) is 4.83 Å². The highest BCUT2D eigenvalue weighted by Gasteiger charge is 2.26. The minimum atomic E-state index is -4.03. The number of hydrogen-bond donors (Lipinski definition) is 2. The van der Waals surface area contributed by atoms with Gasteiger partial charge in [0.25, 0.3) is 21.8 Å². The van der Waals surface area contributed by atoms with Crippen LogP contribution in [0.25, 0.3) is 0 Å². The Hall–Kier alpha value is -2.85. The lowest BCUT2D eigenvalue weighted by atomic mass is 10.3. The molecule has 0 fully saturated rings. The van der Waals surface area contributed by atoms with Gasteiger partial charge in [0.2, 0.25) is 0 Å². The maximum atomic E-state index is 12.6. The lowest BCUT2D eigenvalue weighted by Gasteiger charge is -2.21. The van der Waals surface area contributed by atoms with Crippen molar-refractivity contribution in [3.05, 3.63) is 48.4 Å². The first-order chi connectivity index (χ1) is 12.2. The predicted molar refractivity (Wildman–Crippen MR) is 93.6 cm³/mol. The summed E-state index contributed by atoms with van der Waals surface area (Å²) < 4.78 is 30.1. The molecule has 0 unspecified atom stereocenters. The molecule has 0 saturated carbocycles. The van der Waals surface area contributed by atoms with Gasteiger partial charge in [-0.25, -0.2) is 8.42 Å². The zero-order valence-corrected chi connectivity index (χ0v) is 15.4. The van der Waals surface area contributed by atoms with Crippen LogP contribution in [0.5, 0.6) is 5.75 Å². The van der Waals surface area contributed by atoms with Crippen LogP contribution in [0.3, 0.4) is 0 Å². The van der Waals surface area contributed by atoms with Crippen LogP contribution in [0.15, 0.2) is 53.3 Å². The summed E-state index contributed by atoms with van der Waals surface area (Å²) in [6.07, 6.45) is 3.61. The van der Waals surface area contributed by atoms with E-state index in [1.54, 1.807) is 13.8 Å². The molecular weight excluding hydrogens is 360 g/mol. The Bertz CT molecular complexity index is 859. The highest BCUT2D eigenvalue weighted by molar-refractivity contribution is 7.89. The van der Waals surface area contributed by atoms with Crippen LogP contribution in [0.1, 0.15) is 13.8 Å². The maximum Gasteiger partial charge on any atom is 0.267 e. The van der Waals surface area contributed by atoms with E-state index in [9.17, 15) is 18.0 Å². The molecule has 26 heavy (non-hydrogen) atoms. The molecule has 1 aliphatic rings. The highest BCUT2D eigenvalue weighted by Crippen LogP contribution is 2.18. The molecule has 0 aromatic heterocycles. The SMILES string of the molecule is COc1ccc(S(=O)(=O)NN2C=CN(C(C)C)C(=O)C=C2C(N)=O)cc1. The summed E-state index contributed by atoms with van der Waals surface area (Å²) in [7, 11) is -2.57. The van der Waals surface area contributed by atoms with Crippen molar-refractivity contribution in [3.63, 3.8) is 0 Å². The van der Waals surface area contributed by atoms with Crippen molar-refractivity contribution in [2.45, 2.75) is 24.8 Å². The fourth-order valence-corrected chi connectivity index (χ4v) is 3.20. The first kappa shape index (κ1) is 19.5. The fraction of sp³-hybridized carbons (Fsp3) is 0.250. The molecule has 2 rings (SSSR count). The number of benzene rings is 1. The third kappa shape index (κ3) is 4.21. The molecule has 3 N–H and O–H groups in total.